The van der Waals surface area contributed by atoms with E-state index in [1.54, 1.807) is 38.3 Å². The number of halogens is 1. The van der Waals surface area contributed by atoms with Crippen molar-refractivity contribution in [1.29, 1.82) is 0 Å². The zero-order valence-corrected chi connectivity index (χ0v) is 17.9. The molecule has 0 fully saturated rings. The number of amides is 2. The van der Waals surface area contributed by atoms with Crippen LogP contribution >= 0.6 is 0 Å². The lowest BCUT2D eigenvalue weighted by molar-refractivity contribution is -0.142. The molecule has 0 unspecified atom stereocenters. The number of para-hydroxylation sites is 1. The molecule has 2 aromatic carbocycles. The zero-order chi connectivity index (χ0) is 22.1. The number of rotatable bonds is 10. The van der Waals surface area contributed by atoms with Crippen LogP contribution in [0.2, 0.25) is 0 Å². The van der Waals surface area contributed by atoms with Crippen LogP contribution in [0.25, 0.3) is 0 Å². The third kappa shape index (κ3) is 6.76. The average Bonchev–Trinajstić information content (AvgIpc) is 2.74. The van der Waals surface area contributed by atoms with Crippen LogP contribution in [0.3, 0.4) is 0 Å². The van der Waals surface area contributed by atoms with Crippen molar-refractivity contribution in [1.82, 2.24) is 10.2 Å². The summed E-state index contributed by atoms with van der Waals surface area (Å²) in [5.74, 6) is -0.238. The maximum absolute atomic E-state index is 13.8. The van der Waals surface area contributed by atoms with Crippen LogP contribution in [0.5, 0.6) is 11.5 Å². The highest BCUT2D eigenvalue weighted by Crippen LogP contribution is 2.17. The molecule has 1 atom stereocenters. The van der Waals surface area contributed by atoms with Crippen molar-refractivity contribution >= 4 is 11.8 Å². The van der Waals surface area contributed by atoms with Gasteiger partial charge in [0.05, 0.1) is 7.11 Å². The van der Waals surface area contributed by atoms with Crippen molar-refractivity contribution in [3.63, 3.8) is 0 Å². The van der Waals surface area contributed by atoms with Gasteiger partial charge in [-0.25, -0.2) is 4.39 Å². The van der Waals surface area contributed by atoms with Crippen LogP contribution in [0, 0.1) is 11.7 Å². The zero-order valence-electron chi connectivity index (χ0n) is 17.9. The molecule has 0 aliphatic carbocycles. The van der Waals surface area contributed by atoms with Crippen LogP contribution in [0.4, 0.5) is 4.39 Å². The molecule has 30 heavy (non-hydrogen) atoms. The second-order valence-electron chi connectivity index (χ2n) is 7.40. The van der Waals surface area contributed by atoms with Crippen molar-refractivity contribution in [2.45, 2.75) is 33.4 Å². The van der Waals surface area contributed by atoms with Crippen LogP contribution in [0.1, 0.15) is 26.3 Å². The molecule has 2 aromatic rings. The fraction of sp³-hybridized carbons (Fsp3) is 0.391. The largest absolute Gasteiger partial charge is 0.497 e. The molecule has 7 heteroatoms. The lowest BCUT2D eigenvalue weighted by Crippen LogP contribution is -2.49. The predicted molar refractivity (Wildman–Crippen MR) is 113 cm³/mol. The number of methoxy groups -OCH3 is 1. The number of nitrogens with zero attached hydrogens (tertiary/aromatic N) is 1. The fourth-order valence-corrected chi connectivity index (χ4v) is 2.75. The quantitative estimate of drug-likeness (QED) is 0.645. The van der Waals surface area contributed by atoms with Gasteiger partial charge in [-0.3, -0.25) is 9.59 Å². The van der Waals surface area contributed by atoms with E-state index in [0.29, 0.717) is 12.3 Å². The highest BCUT2D eigenvalue weighted by molar-refractivity contribution is 5.87. The summed E-state index contributed by atoms with van der Waals surface area (Å²) in [5, 5.41) is 2.85. The Morgan fingerprint density at radius 1 is 1.07 bits per heavy atom. The summed E-state index contributed by atoms with van der Waals surface area (Å²) in [5.41, 5.74) is 0.832. The van der Waals surface area contributed by atoms with Gasteiger partial charge in [-0.1, -0.05) is 38.1 Å². The molecule has 0 aromatic heterocycles. The van der Waals surface area contributed by atoms with Gasteiger partial charge in [0.25, 0.3) is 5.91 Å². The van der Waals surface area contributed by atoms with Gasteiger partial charge in [0, 0.05) is 13.1 Å². The minimum absolute atomic E-state index is 0.00726. The van der Waals surface area contributed by atoms with Crippen LogP contribution in [-0.2, 0) is 16.1 Å². The normalized spacial score (nSPS) is 11.7. The highest BCUT2D eigenvalue weighted by Gasteiger charge is 2.26. The second-order valence-corrected chi connectivity index (χ2v) is 7.40. The van der Waals surface area contributed by atoms with E-state index in [-0.39, 0.29) is 30.7 Å². The molecule has 0 heterocycles. The van der Waals surface area contributed by atoms with Crippen LogP contribution < -0.4 is 14.8 Å². The highest BCUT2D eigenvalue weighted by atomic mass is 19.1. The molecule has 0 saturated heterocycles. The van der Waals surface area contributed by atoms with E-state index in [9.17, 15) is 14.0 Å². The molecule has 0 aliphatic heterocycles. The summed E-state index contributed by atoms with van der Waals surface area (Å²) in [6.07, 6.45) is 0. The molecule has 0 aliphatic rings. The van der Waals surface area contributed by atoms with Gasteiger partial charge >= 0.3 is 0 Å². The Bertz CT molecular complexity index is 839. The molecule has 162 valence electrons. The van der Waals surface area contributed by atoms with Crippen LogP contribution in [0.15, 0.2) is 48.5 Å². The van der Waals surface area contributed by atoms with E-state index in [0.717, 1.165) is 5.56 Å². The Hall–Kier alpha value is -3.09. The first-order valence-electron chi connectivity index (χ1n) is 9.89. The summed E-state index contributed by atoms with van der Waals surface area (Å²) in [7, 11) is 1.58. The molecule has 2 amide bonds. The van der Waals surface area contributed by atoms with E-state index in [4.69, 9.17) is 9.47 Å². The van der Waals surface area contributed by atoms with Gasteiger partial charge in [0.1, 0.15) is 11.8 Å². The Morgan fingerprint density at radius 2 is 1.73 bits per heavy atom. The summed E-state index contributed by atoms with van der Waals surface area (Å²) < 4.78 is 24.3. The number of hydrogen-bond acceptors (Lipinski definition) is 4. The van der Waals surface area contributed by atoms with Gasteiger partial charge in [-0.15, -0.1) is 0 Å². The third-order valence-electron chi connectivity index (χ3n) is 4.55. The lowest BCUT2D eigenvalue weighted by atomic mass is 10.1. The van der Waals surface area contributed by atoms with Crippen molar-refractivity contribution in [2.24, 2.45) is 5.92 Å². The van der Waals surface area contributed by atoms with E-state index >= 15 is 0 Å². The molecule has 0 bridgehead atoms. The number of hydrogen-bond donors (Lipinski definition) is 1. The summed E-state index contributed by atoms with van der Waals surface area (Å²) in [4.78, 5) is 26.9. The smallest absolute Gasteiger partial charge is 0.261 e. The minimum Gasteiger partial charge on any atom is -0.497 e. The molecule has 0 saturated carbocycles. The predicted octanol–water partition coefficient (Wildman–Crippen LogP) is 3.40. The Kier molecular flexibility index (Phi) is 8.65. The monoisotopic (exact) mass is 416 g/mol. The minimum atomic E-state index is -0.720. The number of carbonyl (C=O) groups is 2. The SMILES string of the molecule is COc1ccc(CN(C(=O)COc2ccccc2F)[C@@H](C)C(=O)NCC(C)C)cc1. The fourth-order valence-electron chi connectivity index (χ4n) is 2.75. The van der Waals surface area contributed by atoms with Crippen molar-refractivity contribution in [3.8, 4) is 11.5 Å². The van der Waals surface area contributed by atoms with Gasteiger partial charge in [0.15, 0.2) is 18.2 Å². The Morgan fingerprint density at radius 3 is 2.33 bits per heavy atom. The molecule has 6 nitrogen and oxygen atoms in total. The average molecular weight is 416 g/mol. The van der Waals surface area contributed by atoms with Gasteiger partial charge in [0.2, 0.25) is 5.91 Å². The van der Waals surface area contributed by atoms with Gasteiger partial charge in [-0.2, -0.15) is 0 Å². The van der Waals surface area contributed by atoms with Gasteiger partial charge < -0.3 is 19.7 Å². The molecular formula is C23H29FN2O4. The van der Waals surface area contributed by atoms with E-state index < -0.39 is 17.8 Å². The van der Waals surface area contributed by atoms with Crippen LogP contribution in [-0.4, -0.2) is 43.0 Å². The molecule has 0 radical (unpaired) electrons. The van der Waals surface area contributed by atoms with E-state index in [1.165, 1.54) is 17.0 Å². The summed E-state index contributed by atoms with van der Waals surface area (Å²) in [6.45, 7) is 6.00. The first kappa shape index (κ1) is 23.2. The molecule has 0 spiro atoms. The van der Waals surface area contributed by atoms with E-state index in [2.05, 4.69) is 5.32 Å². The number of benzene rings is 2. The van der Waals surface area contributed by atoms with Crippen molar-refractivity contribution < 1.29 is 23.5 Å². The summed E-state index contributed by atoms with van der Waals surface area (Å²) >= 11 is 0. The third-order valence-corrected chi connectivity index (χ3v) is 4.55. The topological polar surface area (TPSA) is 67.9 Å². The standard InChI is InChI=1S/C23H29FN2O4/c1-16(2)13-25-23(28)17(3)26(14-18-9-11-19(29-4)12-10-18)22(27)15-30-21-8-6-5-7-20(21)24/h5-12,16-17H,13-15H2,1-4H3,(H,25,28)/t17-/m0/s1. The Balaban J connectivity index is 2.14. The maximum atomic E-state index is 13.8. The molecule has 2 rings (SSSR count). The second kappa shape index (κ2) is 11.2. The first-order valence-corrected chi connectivity index (χ1v) is 9.89. The lowest BCUT2D eigenvalue weighted by Gasteiger charge is -2.29. The number of nitrogens with one attached hydrogen (secondary N) is 1. The Labute approximate surface area is 177 Å². The van der Waals surface area contributed by atoms with Crippen molar-refractivity contribution in [3.05, 3.63) is 59.9 Å². The summed E-state index contributed by atoms with van der Waals surface area (Å²) in [6, 6.07) is 12.4. The first-order chi connectivity index (χ1) is 14.3. The molecule has 1 N–H and O–H groups in total. The number of carbonyl (C=O) groups excluding carboxylic acids is 2. The number of ether oxygens (including phenoxy) is 2. The van der Waals surface area contributed by atoms with E-state index in [1.807, 2.05) is 26.0 Å². The molecular weight excluding hydrogens is 387 g/mol. The van der Waals surface area contributed by atoms with Gasteiger partial charge in [-0.05, 0) is 42.7 Å². The maximum Gasteiger partial charge on any atom is 0.261 e. The van der Waals surface area contributed by atoms with Crippen molar-refractivity contribution in [2.75, 3.05) is 20.3 Å².